The zero-order chi connectivity index (χ0) is 22.7. The highest BCUT2D eigenvalue weighted by Crippen LogP contribution is 2.36. The van der Waals surface area contributed by atoms with Crippen molar-refractivity contribution in [3.05, 3.63) is 83.4 Å². The summed E-state index contributed by atoms with van der Waals surface area (Å²) in [7, 11) is 0. The van der Waals surface area contributed by atoms with Gasteiger partial charge < -0.3 is 15.4 Å². The maximum Gasteiger partial charge on any atom is 0.268 e. The maximum absolute atomic E-state index is 12.8. The molecular formula is C24H20ClN3O4. The molecule has 0 aliphatic carbocycles. The first-order valence-corrected chi connectivity index (χ1v) is 10.3. The lowest BCUT2D eigenvalue weighted by Gasteiger charge is -2.33. The van der Waals surface area contributed by atoms with Crippen LogP contribution in [-0.4, -0.2) is 30.4 Å². The molecule has 1 unspecified atom stereocenters. The molecule has 1 atom stereocenters. The zero-order valence-electron chi connectivity index (χ0n) is 17.2. The second-order valence-electron chi connectivity index (χ2n) is 7.22. The Hall–Kier alpha value is -3.84. The van der Waals surface area contributed by atoms with Crippen LogP contribution < -0.4 is 20.3 Å². The van der Waals surface area contributed by atoms with E-state index in [0.29, 0.717) is 33.4 Å². The molecular weight excluding hydrogens is 430 g/mol. The van der Waals surface area contributed by atoms with Crippen molar-refractivity contribution in [2.75, 3.05) is 22.1 Å². The van der Waals surface area contributed by atoms with Gasteiger partial charge in [0.2, 0.25) is 5.91 Å². The van der Waals surface area contributed by atoms with Gasteiger partial charge in [-0.05, 0) is 49.4 Å². The molecule has 0 radical (unpaired) electrons. The molecule has 3 aromatic carbocycles. The van der Waals surface area contributed by atoms with Crippen LogP contribution in [0.4, 0.5) is 17.1 Å². The summed E-state index contributed by atoms with van der Waals surface area (Å²) >= 11 is 6.10. The largest absolute Gasteiger partial charge is 0.479 e. The fourth-order valence-electron chi connectivity index (χ4n) is 3.36. The molecule has 8 heteroatoms. The van der Waals surface area contributed by atoms with Gasteiger partial charge in [0.05, 0.1) is 16.3 Å². The monoisotopic (exact) mass is 449 g/mol. The van der Waals surface area contributed by atoms with E-state index in [-0.39, 0.29) is 24.3 Å². The van der Waals surface area contributed by atoms with E-state index in [4.69, 9.17) is 16.3 Å². The van der Waals surface area contributed by atoms with Crippen LogP contribution in [-0.2, 0) is 9.59 Å². The molecule has 2 N–H and O–H groups in total. The summed E-state index contributed by atoms with van der Waals surface area (Å²) in [6.07, 6.45) is -0.740. The molecule has 1 heterocycles. The van der Waals surface area contributed by atoms with Gasteiger partial charge in [-0.1, -0.05) is 41.9 Å². The van der Waals surface area contributed by atoms with Crippen molar-refractivity contribution in [1.29, 1.82) is 0 Å². The number of carbonyl (C=O) groups is 3. The minimum absolute atomic E-state index is 0.198. The molecule has 1 aliphatic heterocycles. The van der Waals surface area contributed by atoms with Crippen molar-refractivity contribution in [3.8, 4) is 5.75 Å². The molecule has 0 bridgehead atoms. The quantitative estimate of drug-likeness (QED) is 0.606. The standard InChI is InChI=1S/C24H20ClN3O4/c1-15-24(31)28(14-22(29)26-16-7-3-2-4-8-16)20-13-17(11-12-21(20)32-15)27-23(30)18-9-5-6-10-19(18)25/h2-13,15H,14H2,1H3,(H,26,29)(H,27,30). The van der Waals surface area contributed by atoms with Crippen LogP contribution in [0.2, 0.25) is 5.02 Å². The number of fused-ring (bicyclic) bond motifs is 1. The average molecular weight is 450 g/mol. The Morgan fingerprint density at radius 2 is 1.69 bits per heavy atom. The van der Waals surface area contributed by atoms with Crippen molar-refractivity contribution in [2.45, 2.75) is 13.0 Å². The minimum Gasteiger partial charge on any atom is -0.479 e. The zero-order valence-corrected chi connectivity index (χ0v) is 17.9. The summed E-state index contributed by atoms with van der Waals surface area (Å²) < 4.78 is 5.68. The summed E-state index contributed by atoms with van der Waals surface area (Å²) in [6.45, 7) is 1.43. The molecule has 7 nitrogen and oxygen atoms in total. The molecule has 0 saturated heterocycles. The Labute approximate surface area is 189 Å². The van der Waals surface area contributed by atoms with Crippen molar-refractivity contribution in [3.63, 3.8) is 0 Å². The van der Waals surface area contributed by atoms with E-state index in [1.54, 1.807) is 73.7 Å². The van der Waals surface area contributed by atoms with Gasteiger partial charge in [-0.2, -0.15) is 0 Å². The average Bonchev–Trinajstić information content (AvgIpc) is 2.78. The fourth-order valence-corrected chi connectivity index (χ4v) is 3.58. The van der Waals surface area contributed by atoms with Gasteiger partial charge in [0, 0.05) is 11.4 Å². The number of hydrogen-bond acceptors (Lipinski definition) is 4. The van der Waals surface area contributed by atoms with Crippen LogP contribution in [0.5, 0.6) is 5.75 Å². The maximum atomic E-state index is 12.8. The van der Waals surface area contributed by atoms with E-state index in [2.05, 4.69) is 10.6 Å². The number of nitrogens with one attached hydrogen (secondary N) is 2. The predicted octanol–water partition coefficient (Wildman–Crippen LogP) is 4.34. The first-order valence-electron chi connectivity index (χ1n) is 9.95. The molecule has 1 aliphatic rings. The summed E-state index contributed by atoms with van der Waals surface area (Å²) in [5.74, 6) is -0.647. The van der Waals surface area contributed by atoms with Crippen molar-refractivity contribution < 1.29 is 19.1 Å². The SMILES string of the molecule is CC1Oc2ccc(NC(=O)c3ccccc3Cl)cc2N(CC(=O)Nc2ccccc2)C1=O. The van der Waals surface area contributed by atoms with Gasteiger partial charge in [-0.25, -0.2) is 0 Å². The molecule has 0 aromatic heterocycles. The van der Waals surface area contributed by atoms with Crippen molar-refractivity contribution in [2.24, 2.45) is 0 Å². The molecule has 32 heavy (non-hydrogen) atoms. The van der Waals surface area contributed by atoms with E-state index in [9.17, 15) is 14.4 Å². The Kier molecular flexibility index (Phi) is 6.09. The lowest BCUT2D eigenvalue weighted by atomic mass is 10.1. The van der Waals surface area contributed by atoms with Gasteiger partial charge in [-0.3, -0.25) is 19.3 Å². The number of halogens is 1. The third-order valence-corrected chi connectivity index (χ3v) is 5.23. The van der Waals surface area contributed by atoms with E-state index >= 15 is 0 Å². The van der Waals surface area contributed by atoms with E-state index in [0.717, 1.165) is 0 Å². The highest BCUT2D eigenvalue weighted by molar-refractivity contribution is 6.34. The third kappa shape index (κ3) is 4.58. The van der Waals surface area contributed by atoms with Crippen LogP contribution in [0.25, 0.3) is 0 Å². The second-order valence-corrected chi connectivity index (χ2v) is 7.62. The Morgan fingerprint density at radius 1 is 0.969 bits per heavy atom. The predicted molar refractivity (Wildman–Crippen MR) is 123 cm³/mol. The number of ether oxygens (including phenoxy) is 1. The number of hydrogen-bond donors (Lipinski definition) is 2. The van der Waals surface area contributed by atoms with Crippen LogP contribution in [0, 0.1) is 0 Å². The van der Waals surface area contributed by atoms with Gasteiger partial charge in [0.25, 0.3) is 11.8 Å². The molecule has 4 rings (SSSR count). The van der Waals surface area contributed by atoms with Crippen molar-refractivity contribution >= 4 is 46.4 Å². The lowest BCUT2D eigenvalue weighted by molar-refractivity contribution is -0.127. The Bertz CT molecular complexity index is 1180. The van der Waals surface area contributed by atoms with Gasteiger partial charge in [-0.15, -0.1) is 0 Å². The highest BCUT2D eigenvalue weighted by atomic mass is 35.5. The Balaban J connectivity index is 1.57. The summed E-state index contributed by atoms with van der Waals surface area (Å²) in [6, 6.07) is 20.6. The highest BCUT2D eigenvalue weighted by Gasteiger charge is 2.33. The minimum atomic E-state index is -0.740. The molecule has 3 amide bonds. The van der Waals surface area contributed by atoms with Crippen LogP contribution in [0.1, 0.15) is 17.3 Å². The molecule has 3 aromatic rings. The fraction of sp³-hybridized carbons (Fsp3) is 0.125. The first kappa shape index (κ1) is 21.4. The number of carbonyl (C=O) groups excluding carboxylic acids is 3. The number of rotatable bonds is 5. The van der Waals surface area contributed by atoms with E-state index < -0.39 is 6.10 Å². The second kappa shape index (κ2) is 9.11. The molecule has 0 fully saturated rings. The topological polar surface area (TPSA) is 87.7 Å². The number of nitrogens with zero attached hydrogens (tertiary/aromatic N) is 1. The van der Waals surface area contributed by atoms with Crippen molar-refractivity contribution in [1.82, 2.24) is 0 Å². The molecule has 0 saturated carbocycles. The number of amides is 3. The van der Waals surface area contributed by atoms with Crippen LogP contribution in [0.15, 0.2) is 72.8 Å². The normalized spacial score (nSPS) is 14.9. The van der Waals surface area contributed by atoms with Gasteiger partial charge in [0.1, 0.15) is 12.3 Å². The lowest BCUT2D eigenvalue weighted by Crippen LogP contribution is -2.47. The number of benzene rings is 3. The molecule has 0 spiro atoms. The summed E-state index contributed by atoms with van der Waals surface area (Å²) in [5, 5.41) is 5.87. The Morgan fingerprint density at radius 3 is 2.44 bits per heavy atom. The first-order chi connectivity index (χ1) is 15.4. The van der Waals surface area contributed by atoms with Crippen LogP contribution >= 0.6 is 11.6 Å². The third-order valence-electron chi connectivity index (χ3n) is 4.90. The van der Waals surface area contributed by atoms with Gasteiger partial charge in [0.15, 0.2) is 6.10 Å². The smallest absolute Gasteiger partial charge is 0.268 e. The van der Waals surface area contributed by atoms with E-state index in [1.165, 1.54) is 4.90 Å². The molecule has 162 valence electrons. The number of para-hydroxylation sites is 1. The van der Waals surface area contributed by atoms with Gasteiger partial charge >= 0.3 is 0 Å². The summed E-state index contributed by atoms with van der Waals surface area (Å²) in [4.78, 5) is 39.4. The van der Waals surface area contributed by atoms with Crippen LogP contribution in [0.3, 0.4) is 0 Å². The van der Waals surface area contributed by atoms with E-state index in [1.807, 2.05) is 6.07 Å². The number of anilines is 3. The summed E-state index contributed by atoms with van der Waals surface area (Å²) in [5.41, 5.74) is 1.79.